The Morgan fingerprint density at radius 3 is 2.84 bits per heavy atom. The van der Waals surface area contributed by atoms with E-state index in [0.29, 0.717) is 12.2 Å². The third-order valence-electron chi connectivity index (χ3n) is 3.98. The molecule has 1 aromatic rings. The maximum Gasteiger partial charge on any atom is 0.339 e. The van der Waals surface area contributed by atoms with Crippen molar-refractivity contribution in [3.63, 3.8) is 0 Å². The monoisotopic (exact) mass is 261 g/mol. The van der Waals surface area contributed by atoms with Crippen molar-refractivity contribution in [2.45, 2.75) is 52.9 Å². The maximum atomic E-state index is 12.0. The van der Waals surface area contributed by atoms with Gasteiger partial charge in [0.05, 0.1) is 17.9 Å². The molecular formula is C16H23NO2. The second-order valence-corrected chi connectivity index (χ2v) is 5.18. The van der Waals surface area contributed by atoms with Crippen molar-refractivity contribution >= 4 is 5.97 Å². The van der Waals surface area contributed by atoms with Gasteiger partial charge in [0.2, 0.25) is 0 Å². The fraction of sp³-hybridized carbons (Fsp3) is 0.625. The first-order valence-electron chi connectivity index (χ1n) is 7.38. The molecule has 0 N–H and O–H groups in total. The Morgan fingerprint density at radius 1 is 1.42 bits per heavy atom. The zero-order chi connectivity index (χ0) is 13.8. The molecule has 19 heavy (non-hydrogen) atoms. The van der Waals surface area contributed by atoms with Crippen LogP contribution in [-0.4, -0.2) is 17.6 Å². The number of esters is 1. The molecule has 0 amide bonds. The lowest BCUT2D eigenvalue weighted by Crippen LogP contribution is -2.19. The van der Waals surface area contributed by atoms with Crippen molar-refractivity contribution < 1.29 is 9.53 Å². The molecule has 0 saturated heterocycles. The second-order valence-electron chi connectivity index (χ2n) is 5.18. The van der Waals surface area contributed by atoms with Gasteiger partial charge in [-0.05, 0) is 50.2 Å². The van der Waals surface area contributed by atoms with Gasteiger partial charge < -0.3 is 4.74 Å². The molecule has 1 atom stereocenters. The largest absolute Gasteiger partial charge is 0.462 e. The second kappa shape index (κ2) is 6.18. The molecular weight excluding hydrogens is 238 g/mol. The summed E-state index contributed by atoms with van der Waals surface area (Å²) in [6, 6.07) is 2.03. The van der Waals surface area contributed by atoms with E-state index in [4.69, 9.17) is 9.72 Å². The molecule has 2 rings (SSSR count). The van der Waals surface area contributed by atoms with Crippen LogP contribution in [0.5, 0.6) is 0 Å². The van der Waals surface area contributed by atoms with Gasteiger partial charge in [-0.1, -0.05) is 20.3 Å². The Labute approximate surface area is 115 Å². The van der Waals surface area contributed by atoms with Gasteiger partial charge in [0.1, 0.15) is 0 Å². The van der Waals surface area contributed by atoms with Gasteiger partial charge in [-0.3, -0.25) is 4.98 Å². The van der Waals surface area contributed by atoms with Crippen LogP contribution in [0.1, 0.15) is 60.9 Å². The number of rotatable bonds is 4. The van der Waals surface area contributed by atoms with Crippen molar-refractivity contribution in [3.05, 3.63) is 28.6 Å². The summed E-state index contributed by atoms with van der Waals surface area (Å²) in [5.74, 6) is 0.505. The van der Waals surface area contributed by atoms with Gasteiger partial charge in [-0.25, -0.2) is 4.79 Å². The predicted octanol–water partition coefficient (Wildman–Crippen LogP) is 3.34. The Balaban J connectivity index is 2.36. The number of hydrogen-bond donors (Lipinski definition) is 0. The van der Waals surface area contributed by atoms with E-state index in [9.17, 15) is 4.79 Å². The number of pyridine rings is 1. The summed E-state index contributed by atoms with van der Waals surface area (Å²) in [5, 5.41) is 0. The summed E-state index contributed by atoms with van der Waals surface area (Å²) in [7, 11) is 0. The van der Waals surface area contributed by atoms with Crippen molar-refractivity contribution in [2.24, 2.45) is 5.92 Å². The average molecular weight is 261 g/mol. The van der Waals surface area contributed by atoms with E-state index in [1.54, 1.807) is 0 Å². The molecule has 3 heteroatoms. The molecule has 0 bridgehead atoms. The zero-order valence-corrected chi connectivity index (χ0v) is 12.2. The highest BCUT2D eigenvalue weighted by Gasteiger charge is 2.22. The number of carbonyl (C=O) groups is 1. The minimum absolute atomic E-state index is 0.228. The van der Waals surface area contributed by atoms with Gasteiger partial charge in [-0.2, -0.15) is 0 Å². The summed E-state index contributed by atoms with van der Waals surface area (Å²) >= 11 is 0. The van der Waals surface area contributed by atoms with Crippen LogP contribution in [0.3, 0.4) is 0 Å². The Morgan fingerprint density at radius 2 is 2.21 bits per heavy atom. The molecule has 3 nitrogen and oxygen atoms in total. The number of carbonyl (C=O) groups excluding carboxylic acids is 1. The molecule has 1 aromatic heterocycles. The van der Waals surface area contributed by atoms with Crippen molar-refractivity contribution in [1.82, 2.24) is 4.98 Å². The Bertz CT molecular complexity index is 468. The van der Waals surface area contributed by atoms with E-state index in [1.807, 2.05) is 19.9 Å². The fourth-order valence-corrected chi connectivity index (χ4v) is 2.79. The average Bonchev–Trinajstić information content (AvgIpc) is 2.45. The first-order valence-corrected chi connectivity index (χ1v) is 7.38. The molecule has 0 fully saturated rings. The Hall–Kier alpha value is -1.38. The van der Waals surface area contributed by atoms with Crippen LogP contribution in [0.25, 0.3) is 0 Å². The molecule has 0 radical (unpaired) electrons. The quantitative estimate of drug-likeness (QED) is 0.780. The molecule has 0 aliphatic heterocycles. The van der Waals surface area contributed by atoms with Crippen molar-refractivity contribution in [1.29, 1.82) is 0 Å². The van der Waals surface area contributed by atoms with E-state index < -0.39 is 0 Å². The molecule has 1 aliphatic rings. The van der Waals surface area contributed by atoms with Crippen molar-refractivity contribution in [2.75, 3.05) is 6.61 Å². The summed E-state index contributed by atoms with van der Waals surface area (Å²) in [6.45, 7) is 6.52. The number of hydrogen-bond acceptors (Lipinski definition) is 3. The smallest absolute Gasteiger partial charge is 0.339 e. The highest BCUT2D eigenvalue weighted by atomic mass is 16.5. The third-order valence-corrected chi connectivity index (χ3v) is 3.98. The number of aryl methyl sites for hydroxylation is 2. The predicted molar refractivity (Wildman–Crippen MR) is 75.4 cm³/mol. The number of ether oxygens (including phenoxy) is 1. The summed E-state index contributed by atoms with van der Waals surface area (Å²) in [6.07, 6.45) is 5.29. The van der Waals surface area contributed by atoms with Gasteiger partial charge in [-0.15, -0.1) is 0 Å². The number of fused-ring (bicyclic) bond motifs is 1. The molecule has 1 aliphatic carbocycles. The maximum absolute atomic E-state index is 12.0. The minimum atomic E-state index is -0.228. The topological polar surface area (TPSA) is 39.2 Å². The standard InChI is InChI=1S/C16H23NO2/c1-4-11-7-8-15-12(9-11)10-13(14(5-2)17-15)16(18)19-6-3/h10-11H,4-9H2,1-3H3. The summed E-state index contributed by atoms with van der Waals surface area (Å²) in [4.78, 5) is 16.7. The third kappa shape index (κ3) is 2.96. The van der Waals surface area contributed by atoms with E-state index in [1.165, 1.54) is 24.1 Å². The molecule has 1 unspecified atom stereocenters. The van der Waals surface area contributed by atoms with Crippen LogP contribution in [0, 0.1) is 5.92 Å². The van der Waals surface area contributed by atoms with Crippen LogP contribution < -0.4 is 0 Å². The van der Waals surface area contributed by atoms with Gasteiger partial charge in [0.15, 0.2) is 0 Å². The van der Waals surface area contributed by atoms with Crippen LogP contribution in [0.4, 0.5) is 0 Å². The molecule has 0 spiro atoms. The highest BCUT2D eigenvalue weighted by molar-refractivity contribution is 5.90. The summed E-state index contributed by atoms with van der Waals surface area (Å²) in [5.41, 5.74) is 3.99. The van der Waals surface area contributed by atoms with Gasteiger partial charge in [0.25, 0.3) is 0 Å². The van der Waals surface area contributed by atoms with E-state index >= 15 is 0 Å². The van der Waals surface area contributed by atoms with Crippen LogP contribution in [0.2, 0.25) is 0 Å². The minimum Gasteiger partial charge on any atom is -0.462 e. The van der Waals surface area contributed by atoms with Crippen molar-refractivity contribution in [3.8, 4) is 0 Å². The lowest BCUT2D eigenvalue weighted by atomic mass is 9.84. The van der Waals surface area contributed by atoms with Gasteiger partial charge in [0, 0.05) is 5.69 Å². The number of aromatic nitrogens is 1. The molecule has 0 saturated carbocycles. The van der Waals surface area contributed by atoms with E-state index in [0.717, 1.165) is 30.9 Å². The van der Waals surface area contributed by atoms with Crippen LogP contribution in [-0.2, 0) is 24.0 Å². The lowest BCUT2D eigenvalue weighted by molar-refractivity contribution is 0.0524. The van der Waals surface area contributed by atoms with Gasteiger partial charge >= 0.3 is 5.97 Å². The normalized spacial score (nSPS) is 17.9. The zero-order valence-electron chi connectivity index (χ0n) is 12.2. The number of nitrogens with zero attached hydrogens (tertiary/aromatic N) is 1. The highest BCUT2D eigenvalue weighted by Crippen LogP contribution is 2.28. The first-order chi connectivity index (χ1) is 9.19. The van der Waals surface area contributed by atoms with Crippen LogP contribution in [0.15, 0.2) is 6.07 Å². The van der Waals surface area contributed by atoms with E-state index in [-0.39, 0.29) is 5.97 Å². The SMILES string of the molecule is CCOC(=O)c1cc2c(nc1CC)CCC(CC)C2. The first kappa shape index (κ1) is 14.0. The van der Waals surface area contributed by atoms with Crippen LogP contribution >= 0.6 is 0 Å². The summed E-state index contributed by atoms with van der Waals surface area (Å²) < 4.78 is 5.14. The fourth-order valence-electron chi connectivity index (χ4n) is 2.79. The molecule has 0 aromatic carbocycles. The lowest BCUT2D eigenvalue weighted by Gasteiger charge is -2.24. The molecule has 1 heterocycles. The van der Waals surface area contributed by atoms with E-state index in [2.05, 4.69) is 6.92 Å². The Kier molecular flexibility index (Phi) is 4.56. The molecule has 104 valence electrons.